The molecule has 0 aliphatic carbocycles. The van der Waals surface area contributed by atoms with E-state index in [1.165, 1.54) is 6.07 Å². The van der Waals surface area contributed by atoms with Gasteiger partial charge in [-0.2, -0.15) is 0 Å². The Morgan fingerprint density at radius 1 is 1.41 bits per heavy atom. The summed E-state index contributed by atoms with van der Waals surface area (Å²) in [6, 6.07) is 2.45. The van der Waals surface area contributed by atoms with Crippen molar-refractivity contribution in [1.82, 2.24) is 4.90 Å². The lowest BCUT2D eigenvalue weighted by molar-refractivity contribution is 0.306. The lowest BCUT2D eigenvalue weighted by Crippen LogP contribution is -2.21. The molecule has 0 spiro atoms. The maximum Gasteiger partial charge on any atom is 0.140 e. The fourth-order valence-corrected chi connectivity index (χ4v) is 2.79. The number of hydrogen-bond acceptors (Lipinski definition) is 2. The van der Waals surface area contributed by atoms with E-state index in [0.29, 0.717) is 22.5 Å². The predicted molar refractivity (Wildman–Crippen MR) is 66.6 cm³/mol. The zero-order valence-electron chi connectivity index (χ0n) is 9.59. The molecule has 1 aliphatic heterocycles. The van der Waals surface area contributed by atoms with Crippen molar-refractivity contribution in [3.63, 3.8) is 0 Å². The molecule has 0 aromatic heterocycles. The number of likely N-dealkylation sites (tertiary alicyclic amines) is 1. The first-order valence-corrected chi connectivity index (χ1v) is 6.37. The lowest BCUT2D eigenvalue weighted by Gasteiger charge is -2.20. The summed E-state index contributed by atoms with van der Waals surface area (Å²) in [6.45, 7) is 1.46. The molecule has 17 heavy (non-hydrogen) atoms. The Kier molecular flexibility index (Phi) is 3.80. The molecular formula is C12H15BrF2N2. The summed E-state index contributed by atoms with van der Waals surface area (Å²) in [6.07, 6.45) is 0.821. The molecule has 0 radical (unpaired) electrons. The number of benzene rings is 1. The molecule has 2 N–H and O–H groups in total. The fourth-order valence-electron chi connectivity index (χ4n) is 2.43. The second-order valence-corrected chi connectivity index (χ2v) is 5.43. The zero-order chi connectivity index (χ0) is 12.6. The summed E-state index contributed by atoms with van der Waals surface area (Å²) in [5.41, 5.74) is 6.18. The van der Waals surface area contributed by atoms with Gasteiger partial charge < -0.3 is 5.73 Å². The van der Waals surface area contributed by atoms with E-state index in [1.54, 1.807) is 0 Å². The van der Waals surface area contributed by atoms with Gasteiger partial charge in [0.2, 0.25) is 0 Å². The van der Waals surface area contributed by atoms with Gasteiger partial charge in [0, 0.05) is 24.2 Å². The summed E-state index contributed by atoms with van der Waals surface area (Å²) >= 11 is 3.09. The van der Waals surface area contributed by atoms with Crippen LogP contribution >= 0.6 is 15.9 Å². The SMILES string of the molecule is CN1CC(CN)CC1c1cc(Br)c(F)cc1F. The highest BCUT2D eigenvalue weighted by molar-refractivity contribution is 9.10. The third-order valence-corrected chi connectivity index (χ3v) is 3.97. The van der Waals surface area contributed by atoms with E-state index in [-0.39, 0.29) is 6.04 Å². The quantitative estimate of drug-likeness (QED) is 0.851. The van der Waals surface area contributed by atoms with Gasteiger partial charge in [0.25, 0.3) is 0 Å². The van der Waals surface area contributed by atoms with Gasteiger partial charge in [0.05, 0.1) is 4.47 Å². The molecule has 0 amide bonds. The minimum absolute atomic E-state index is 0.0135. The van der Waals surface area contributed by atoms with Crippen molar-refractivity contribution in [2.75, 3.05) is 20.1 Å². The third kappa shape index (κ3) is 2.51. The number of halogens is 3. The van der Waals surface area contributed by atoms with Gasteiger partial charge in [-0.15, -0.1) is 0 Å². The Bertz CT molecular complexity index is 425. The molecule has 2 nitrogen and oxygen atoms in total. The highest BCUT2D eigenvalue weighted by Gasteiger charge is 2.31. The van der Waals surface area contributed by atoms with Crippen LogP contribution in [-0.4, -0.2) is 25.0 Å². The molecule has 1 aromatic carbocycles. The Labute approximate surface area is 108 Å². The molecule has 0 saturated carbocycles. The van der Waals surface area contributed by atoms with Crippen molar-refractivity contribution in [1.29, 1.82) is 0 Å². The van der Waals surface area contributed by atoms with E-state index in [1.807, 2.05) is 7.05 Å². The maximum atomic E-state index is 13.8. The van der Waals surface area contributed by atoms with Crippen molar-refractivity contribution in [3.05, 3.63) is 33.8 Å². The molecule has 2 unspecified atom stereocenters. The molecular weight excluding hydrogens is 290 g/mol. The molecule has 0 bridgehead atoms. The highest BCUT2D eigenvalue weighted by atomic mass is 79.9. The summed E-state index contributed by atoms with van der Waals surface area (Å²) in [4.78, 5) is 2.07. The Morgan fingerprint density at radius 3 is 2.71 bits per heavy atom. The first-order chi connectivity index (χ1) is 8.02. The number of nitrogens with zero attached hydrogens (tertiary/aromatic N) is 1. The standard InChI is InChI=1S/C12H15BrF2N2/c1-17-6-7(5-16)2-12(17)8-3-9(13)11(15)4-10(8)14/h3-4,7,12H,2,5-6,16H2,1H3. The Balaban J connectivity index is 2.31. The van der Waals surface area contributed by atoms with Crippen LogP contribution in [0.15, 0.2) is 16.6 Å². The summed E-state index contributed by atoms with van der Waals surface area (Å²) in [5, 5.41) is 0. The van der Waals surface area contributed by atoms with Gasteiger partial charge in [0.1, 0.15) is 11.6 Å². The number of nitrogens with two attached hydrogens (primary N) is 1. The minimum atomic E-state index is -0.567. The van der Waals surface area contributed by atoms with Gasteiger partial charge in [-0.3, -0.25) is 4.90 Å². The first kappa shape index (κ1) is 12.9. The van der Waals surface area contributed by atoms with E-state index in [2.05, 4.69) is 20.8 Å². The van der Waals surface area contributed by atoms with Crippen LogP contribution in [0.1, 0.15) is 18.0 Å². The topological polar surface area (TPSA) is 29.3 Å². The zero-order valence-corrected chi connectivity index (χ0v) is 11.2. The molecule has 1 saturated heterocycles. The van der Waals surface area contributed by atoms with Gasteiger partial charge in [-0.1, -0.05) is 0 Å². The van der Waals surface area contributed by atoms with E-state index < -0.39 is 11.6 Å². The fraction of sp³-hybridized carbons (Fsp3) is 0.500. The lowest BCUT2D eigenvalue weighted by atomic mass is 9.99. The second kappa shape index (κ2) is 5.00. The van der Waals surface area contributed by atoms with E-state index in [0.717, 1.165) is 19.0 Å². The van der Waals surface area contributed by atoms with Crippen LogP contribution < -0.4 is 5.73 Å². The third-order valence-electron chi connectivity index (χ3n) is 3.37. The smallest absolute Gasteiger partial charge is 0.140 e. The first-order valence-electron chi connectivity index (χ1n) is 5.57. The van der Waals surface area contributed by atoms with Crippen molar-refractivity contribution in [2.45, 2.75) is 12.5 Å². The predicted octanol–water partition coefficient (Wildman–Crippen LogP) is 2.68. The molecule has 5 heteroatoms. The second-order valence-electron chi connectivity index (χ2n) is 4.58. The molecule has 1 aliphatic rings. The van der Waals surface area contributed by atoms with E-state index in [9.17, 15) is 8.78 Å². The van der Waals surface area contributed by atoms with Crippen molar-refractivity contribution in [2.24, 2.45) is 11.7 Å². The van der Waals surface area contributed by atoms with E-state index >= 15 is 0 Å². The van der Waals surface area contributed by atoms with Crippen LogP contribution in [0.5, 0.6) is 0 Å². The van der Waals surface area contributed by atoms with Gasteiger partial charge in [-0.05, 0) is 47.9 Å². The minimum Gasteiger partial charge on any atom is -0.330 e. The molecule has 1 heterocycles. The monoisotopic (exact) mass is 304 g/mol. The Morgan fingerprint density at radius 2 is 2.12 bits per heavy atom. The van der Waals surface area contributed by atoms with E-state index in [4.69, 9.17) is 5.73 Å². The number of rotatable bonds is 2. The normalized spacial score (nSPS) is 25.5. The van der Waals surface area contributed by atoms with Gasteiger partial charge >= 0.3 is 0 Å². The van der Waals surface area contributed by atoms with Crippen molar-refractivity contribution >= 4 is 15.9 Å². The van der Waals surface area contributed by atoms with Crippen molar-refractivity contribution in [3.8, 4) is 0 Å². The highest BCUT2D eigenvalue weighted by Crippen LogP contribution is 2.36. The van der Waals surface area contributed by atoms with Crippen LogP contribution in [0.3, 0.4) is 0 Å². The maximum absolute atomic E-state index is 13.8. The average Bonchev–Trinajstić information content (AvgIpc) is 2.65. The molecule has 2 rings (SSSR count). The van der Waals surface area contributed by atoms with Crippen molar-refractivity contribution < 1.29 is 8.78 Å². The molecule has 94 valence electrons. The van der Waals surface area contributed by atoms with Gasteiger partial charge in [0.15, 0.2) is 0 Å². The molecule has 1 fully saturated rings. The molecule has 1 aromatic rings. The number of hydrogen-bond donors (Lipinski definition) is 1. The summed E-state index contributed by atoms with van der Waals surface area (Å²) < 4.78 is 27.2. The Hall–Kier alpha value is -0.520. The van der Waals surface area contributed by atoms with Crippen LogP contribution in [0.4, 0.5) is 8.78 Å². The summed E-state index contributed by atoms with van der Waals surface area (Å²) in [5.74, 6) is -0.671. The largest absolute Gasteiger partial charge is 0.330 e. The van der Waals surface area contributed by atoms with Crippen LogP contribution in [-0.2, 0) is 0 Å². The summed E-state index contributed by atoms with van der Waals surface area (Å²) in [7, 11) is 1.94. The average molecular weight is 305 g/mol. The molecule has 2 atom stereocenters. The van der Waals surface area contributed by atoms with Crippen LogP contribution in [0, 0.1) is 17.6 Å². The van der Waals surface area contributed by atoms with Crippen LogP contribution in [0.25, 0.3) is 0 Å². The van der Waals surface area contributed by atoms with Crippen LogP contribution in [0.2, 0.25) is 0 Å². The van der Waals surface area contributed by atoms with Gasteiger partial charge in [-0.25, -0.2) is 8.78 Å².